The molecule has 0 aromatic heterocycles. The molecule has 0 bridgehead atoms. The van der Waals surface area contributed by atoms with Crippen LogP contribution in [-0.2, 0) is 9.53 Å². The lowest BCUT2D eigenvalue weighted by Crippen LogP contribution is -2.31. The predicted molar refractivity (Wildman–Crippen MR) is 139 cm³/mol. The Morgan fingerprint density at radius 1 is 0.824 bits per heavy atom. The molecule has 1 heterocycles. The number of rotatable bonds is 7. The lowest BCUT2D eigenvalue weighted by atomic mass is 9.94. The molecule has 0 aliphatic carbocycles. The molecule has 3 aromatic rings. The van der Waals surface area contributed by atoms with E-state index in [4.69, 9.17) is 9.47 Å². The normalized spacial score (nSPS) is 17.8. The van der Waals surface area contributed by atoms with Gasteiger partial charge >= 0.3 is 5.97 Å². The largest absolute Gasteiger partial charge is 0.477 e. The van der Waals surface area contributed by atoms with Crippen LogP contribution in [0.4, 0.5) is 0 Å². The summed E-state index contributed by atoms with van der Waals surface area (Å²) < 4.78 is 12.3. The Labute approximate surface area is 202 Å². The fraction of sp³-hybridized carbons (Fsp3) is 0.258. The third kappa shape index (κ3) is 5.31. The molecule has 2 atom stereocenters. The molecule has 3 aromatic carbocycles. The first kappa shape index (κ1) is 23.6. The van der Waals surface area contributed by atoms with Crippen LogP contribution in [0.15, 0.2) is 91.0 Å². The molecule has 0 spiro atoms. The second-order valence-electron chi connectivity index (χ2n) is 9.28. The first-order chi connectivity index (χ1) is 16.4. The summed E-state index contributed by atoms with van der Waals surface area (Å²) in [6.45, 7) is 8.46. The average molecular weight is 453 g/mol. The number of carbonyl (C=O) groups is 1. The maximum atomic E-state index is 13.5. The maximum Gasteiger partial charge on any atom is 0.353 e. The Kier molecular flexibility index (Phi) is 7.32. The second-order valence-corrected chi connectivity index (χ2v) is 9.28. The first-order valence-electron chi connectivity index (χ1n) is 12.0. The Balaban J connectivity index is 1.65. The van der Waals surface area contributed by atoms with E-state index in [0.29, 0.717) is 11.5 Å². The van der Waals surface area contributed by atoms with Crippen LogP contribution in [0.5, 0.6) is 5.75 Å². The van der Waals surface area contributed by atoms with Crippen LogP contribution in [0.25, 0.3) is 11.8 Å². The average Bonchev–Trinajstić information content (AvgIpc) is 3.28. The number of para-hydroxylation sites is 1. The van der Waals surface area contributed by atoms with Crippen molar-refractivity contribution < 1.29 is 14.3 Å². The highest BCUT2D eigenvalue weighted by molar-refractivity contribution is 5.82. The molecule has 0 fully saturated rings. The van der Waals surface area contributed by atoms with Gasteiger partial charge in [-0.2, -0.15) is 0 Å². The van der Waals surface area contributed by atoms with Gasteiger partial charge in [0, 0.05) is 11.5 Å². The highest BCUT2D eigenvalue weighted by atomic mass is 16.6. The van der Waals surface area contributed by atoms with Gasteiger partial charge in [-0.15, -0.1) is 0 Å². The molecule has 0 saturated heterocycles. The number of carbonyl (C=O) groups excluding carboxylic acids is 1. The topological polar surface area (TPSA) is 35.5 Å². The molecule has 0 radical (unpaired) electrons. The summed E-state index contributed by atoms with van der Waals surface area (Å²) in [4.78, 5) is 13.5. The summed E-state index contributed by atoms with van der Waals surface area (Å²) in [6.07, 6.45) is 5.31. The minimum Gasteiger partial charge on any atom is -0.477 e. The summed E-state index contributed by atoms with van der Waals surface area (Å²) in [6, 6.07) is 26.0. The summed E-state index contributed by atoms with van der Waals surface area (Å²) in [7, 11) is 0. The van der Waals surface area contributed by atoms with Crippen molar-refractivity contribution in [2.75, 3.05) is 0 Å². The minimum absolute atomic E-state index is 0.234. The molecular formula is C31H32O3. The van der Waals surface area contributed by atoms with Gasteiger partial charge in [0.2, 0.25) is 6.10 Å². The van der Waals surface area contributed by atoms with Crippen LogP contribution >= 0.6 is 0 Å². The Bertz CT molecular complexity index is 1150. The highest BCUT2D eigenvalue weighted by Gasteiger charge is 2.36. The lowest BCUT2D eigenvalue weighted by Gasteiger charge is -2.22. The van der Waals surface area contributed by atoms with E-state index in [1.165, 1.54) is 0 Å². The van der Waals surface area contributed by atoms with Gasteiger partial charge in [-0.25, -0.2) is 4.79 Å². The second kappa shape index (κ2) is 10.6. The smallest absolute Gasteiger partial charge is 0.353 e. The van der Waals surface area contributed by atoms with Crippen LogP contribution in [-0.4, -0.2) is 12.1 Å². The minimum atomic E-state index is -0.754. The molecule has 0 saturated carbocycles. The fourth-order valence-electron chi connectivity index (χ4n) is 4.19. The maximum absolute atomic E-state index is 13.5. The van der Waals surface area contributed by atoms with E-state index >= 15 is 0 Å². The molecule has 174 valence electrons. The Hall–Kier alpha value is -3.59. The Morgan fingerprint density at radius 3 is 2.00 bits per heavy atom. The number of benzene rings is 3. The molecule has 4 rings (SSSR count). The zero-order chi connectivity index (χ0) is 24.1. The summed E-state index contributed by atoms with van der Waals surface area (Å²) in [5.74, 6) is 1.22. The van der Waals surface area contributed by atoms with E-state index in [0.717, 1.165) is 22.3 Å². The van der Waals surface area contributed by atoms with Crippen molar-refractivity contribution in [1.29, 1.82) is 0 Å². The molecule has 3 nitrogen and oxygen atoms in total. The van der Waals surface area contributed by atoms with Crippen molar-refractivity contribution >= 4 is 17.8 Å². The van der Waals surface area contributed by atoms with Crippen molar-refractivity contribution in [3.05, 3.63) is 113 Å². The van der Waals surface area contributed by atoms with Crippen LogP contribution < -0.4 is 4.74 Å². The predicted octanol–water partition coefficient (Wildman–Crippen LogP) is 7.61. The van der Waals surface area contributed by atoms with Crippen LogP contribution in [0.2, 0.25) is 0 Å². The number of hydrogen-bond acceptors (Lipinski definition) is 3. The quantitative estimate of drug-likeness (QED) is 0.273. The van der Waals surface area contributed by atoms with Gasteiger partial charge in [-0.1, -0.05) is 119 Å². The highest BCUT2D eigenvalue weighted by Crippen LogP contribution is 2.37. The van der Waals surface area contributed by atoms with Crippen molar-refractivity contribution in [1.82, 2.24) is 0 Å². The van der Waals surface area contributed by atoms with E-state index in [-0.39, 0.29) is 23.7 Å². The third-order valence-corrected chi connectivity index (χ3v) is 6.07. The lowest BCUT2D eigenvalue weighted by molar-refractivity contribution is -0.143. The van der Waals surface area contributed by atoms with Gasteiger partial charge < -0.3 is 9.47 Å². The molecular weight excluding hydrogens is 420 g/mol. The van der Waals surface area contributed by atoms with Crippen LogP contribution in [0.1, 0.15) is 61.8 Å². The van der Waals surface area contributed by atoms with Gasteiger partial charge in [0.05, 0.1) is 0 Å². The van der Waals surface area contributed by atoms with Gasteiger partial charge in [0.25, 0.3) is 0 Å². The van der Waals surface area contributed by atoms with Crippen LogP contribution in [0.3, 0.4) is 0 Å². The van der Waals surface area contributed by atoms with E-state index in [1.54, 1.807) is 0 Å². The molecule has 0 unspecified atom stereocenters. The molecule has 1 aliphatic heterocycles. The summed E-state index contributed by atoms with van der Waals surface area (Å²) >= 11 is 0. The summed E-state index contributed by atoms with van der Waals surface area (Å²) in [5.41, 5.74) is 4.08. The molecule has 0 amide bonds. The third-order valence-electron chi connectivity index (χ3n) is 6.07. The Morgan fingerprint density at radius 2 is 1.41 bits per heavy atom. The number of ether oxygens (including phenoxy) is 2. The van der Waals surface area contributed by atoms with Gasteiger partial charge in [0.1, 0.15) is 11.5 Å². The van der Waals surface area contributed by atoms with Crippen molar-refractivity contribution in [3.8, 4) is 5.75 Å². The SMILES string of the molecule is CC(C)c1cccc(C(C)C)c1OC(=O)[C@@H]1OC(c2ccccc2)=C[C@H]1/C=C/c1ccccc1. The van der Waals surface area contributed by atoms with Crippen molar-refractivity contribution in [3.63, 3.8) is 0 Å². The van der Waals surface area contributed by atoms with Gasteiger partial charge in [-0.3, -0.25) is 0 Å². The number of hydrogen-bond donors (Lipinski definition) is 0. The molecule has 0 N–H and O–H groups in total. The van der Waals surface area contributed by atoms with E-state index in [9.17, 15) is 4.79 Å². The monoisotopic (exact) mass is 452 g/mol. The van der Waals surface area contributed by atoms with E-state index in [2.05, 4.69) is 27.7 Å². The van der Waals surface area contributed by atoms with E-state index < -0.39 is 6.10 Å². The van der Waals surface area contributed by atoms with Gasteiger partial charge in [0.15, 0.2) is 0 Å². The molecule has 1 aliphatic rings. The van der Waals surface area contributed by atoms with Crippen molar-refractivity contribution in [2.45, 2.75) is 45.6 Å². The number of esters is 1. The van der Waals surface area contributed by atoms with Crippen LogP contribution in [0, 0.1) is 5.92 Å². The zero-order valence-corrected chi connectivity index (χ0v) is 20.3. The standard InChI is InChI=1S/C31H32O3/c1-21(2)26-16-11-17-27(22(3)4)30(26)34-31(32)29-25(19-18-23-12-7-5-8-13-23)20-28(33-29)24-14-9-6-10-15-24/h5-22,25,29H,1-4H3/b19-18+/t25-,29-/m1/s1. The van der Waals surface area contributed by atoms with E-state index in [1.807, 2.05) is 97.1 Å². The molecule has 34 heavy (non-hydrogen) atoms. The zero-order valence-electron chi connectivity index (χ0n) is 20.3. The van der Waals surface area contributed by atoms with Gasteiger partial charge in [-0.05, 0) is 34.6 Å². The van der Waals surface area contributed by atoms with Crippen molar-refractivity contribution in [2.24, 2.45) is 5.92 Å². The fourth-order valence-corrected chi connectivity index (χ4v) is 4.19. The molecule has 3 heteroatoms. The summed E-state index contributed by atoms with van der Waals surface area (Å²) in [5, 5.41) is 0. The first-order valence-corrected chi connectivity index (χ1v) is 12.0.